The summed E-state index contributed by atoms with van der Waals surface area (Å²) in [5.74, 6) is 5.08. The maximum absolute atomic E-state index is 5.08. The predicted octanol–water partition coefficient (Wildman–Crippen LogP) is 0.602. The second-order valence-electron chi connectivity index (χ2n) is 2.82. The number of rotatable bonds is 8. The summed E-state index contributed by atoms with van der Waals surface area (Å²) in [6, 6.07) is 0. The second kappa shape index (κ2) is 11.0. The summed E-state index contributed by atoms with van der Waals surface area (Å²) in [7, 11) is 0. The lowest BCUT2D eigenvalue weighted by molar-refractivity contribution is 0.603. The van der Waals surface area contributed by atoms with Crippen LogP contribution in [-0.4, -0.2) is 26.2 Å². The maximum atomic E-state index is 5.08. The molecular formula is C11H18N2. The standard InChI is InChI=1S/C11H18N2/c1-3-8-12-10-6-5-7-11-13-9-4-2/h1-2,12-13H,5-11H2. The molecule has 0 aliphatic carbocycles. The van der Waals surface area contributed by atoms with Gasteiger partial charge in [-0.2, -0.15) is 0 Å². The van der Waals surface area contributed by atoms with Gasteiger partial charge in [0.1, 0.15) is 0 Å². The Hall–Kier alpha value is -0.960. The fourth-order valence-corrected chi connectivity index (χ4v) is 0.998. The lowest BCUT2D eigenvalue weighted by Gasteiger charge is -2.01. The number of hydrogen-bond acceptors (Lipinski definition) is 2. The molecule has 0 spiro atoms. The fraction of sp³-hybridized carbons (Fsp3) is 0.636. The molecule has 0 unspecified atom stereocenters. The summed E-state index contributed by atoms with van der Waals surface area (Å²) >= 11 is 0. The number of nitrogens with one attached hydrogen (secondary N) is 2. The topological polar surface area (TPSA) is 24.1 Å². The molecule has 2 nitrogen and oxygen atoms in total. The average molecular weight is 178 g/mol. The lowest BCUT2D eigenvalue weighted by atomic mass is 10.2. The van der Waals surface area contributed by atoms with Gasteiger partial charge < -0.3 is 10.6 Å². The van der Waals surface area contributed by atoms with Gasteiger partial charge in [0.15, 0.2) is 0 Å². The Bertz CT molecular complexity index is 154. The Morgan fingerprint density at radius 2 is 1.23 bits per heavy atom. The zero-order valence-electron chi connectivity index (χ0n) is 8.10. The highest BCUT2D eigenvalue weighted by molar-refractivity contribution is 4.86. The molecule has 0 saturated carbocycles. The molecule has 0 aliphatic heterocycles. The minimum atomic E-state index is 0.676. The van der Waals surface area contributed by atoms with Crippen LogP contribution in [0.1, 0.15) is 19.3 Å². The molecule has 0 atom stereocenters. The van der Waals surface area contributed by atoms with Crippen molar-refractivity contribution in [2.75, 3.05) is 26.2 Å². The Morgan fingerprint density at radius 3 is 1.62 bits per heavy atom. The van der Waals surface area contributed by atoms with Crippen molar-refractivity contribution in [1.82, 2.24) is 10.6 Å². The normalized spacial score (nSPS) is 9.08. The molecule has 0 saturated heterocycles. The van der Waals surface area contributed by atoms with Gasteiger partial charge in [-0.05, 0) is 25.9 Å². The summed E-state index contributed by atoms with van der Waals surface area (Å²) in [6.07, 6.45) is 13.7. The smallest absolute Gasteiger partial charge is 0.0573 e. The van der Waals surface area contributed by atoms with Crippen LogP contribution >= 0.6 is 0 Å². The summed E-state index contributed by atoms with van der Waals surface area (Å²) in [6.45, 7) is 3.38. The van der Waals surface area contributed by atoms with Crippen molar-refractivity contribution in [2.45, 2.75) is 19.3 Å². The molecule has 0 aliphatic rings. The van der Waals surface area contributed by atoms with Crippen LogP contribution in [0.3, 0.4) is 0 Å². The van der Waals surface area contributed by atoms with E-state index in [2.05, 4.69) is 22.5 Å². The first-order valence-electron chi connectivity index (χ1n) is 4.70. The number of unbranched alkanes of at least 4 members (excludes halogenated alkanes) is 2. The first kappa shape index (κ1) is 12.0. The molecule has 0 aromatic heterocycles. The van der Waals surface area contributed by atoms with E-state index in [0.29, 0.717) is 13.1 Å². The molecule has 0 bridgehead atoms. The summed E-state index contributed by atoms with van der Waals surface area (Å²) < 4.78 is 0. The van der Waals surface area contributed by atoms with Crippen LogP contribution in [0.15, 0.2) is 0 Å². The van der Waals surface area contributed by atoms with E-state index < -0.39 is 0 Å². The van der Waals surface area contributed by atoms with Crippen molar-refractivity contribution < 1.29 is 0 Å². The van der Waals surface area contributed by atoms with E-state index in [4.69, 9.17) is 12.8 Å². The average Bonchev–Trinajstić information content (AvgIpc) is 2.16. The van der Waals surface area contributed by atoms with Gasteiger partial charge >= 0.3 is 0 Å². The van der Waals surface area contributed by atoms with E-state index in [1.807, 2.05) is 0 Å². The molecule has 13 heavy (non-hydrogen) atoms. The molecule has 0 radical (unpaired) electrons. The van der Waals surface area contributed by atoms with Gasteiger partial charge in [0.25, 0.3) is 0 Å². The predicted molar refractivity (Wildman–Crippen MR) is 57.3 cm³/mol. The minimum Gasteiger partial charge on any atom is -0.306 e. The largest absolute Gasteiger partial charge is 0.306 e. The molecule has 0 heterocycles. The van der Waals surface area contributed by atoms with Crippen molar-refractivity contribution in [3.8, 4) is 24.7 Å². The molecule has 2 heteroatoms. The molecule has 0 rings (SSSR count). The summed E-state index contributed by atoms with van der Waals surface area (Å²) in [4.78, 5) is 0. The third-order valence-electron chi connectivity index (χ3n) is 1.66. The lowest BCUT2D eigenvalue weighted by Crippen LogP contribution is -2.17. The van der Waals surface area contributed by atoms with E-state index in [9.17, 15) is 0 Å². The van der Waals surface area contributed by atoms with Gasteiger partial charge in [-0.3, -0.25) is 0 Å². The molecule has 0 aromatic carbocycles. The summed E-state index contributed by atoms with van der Waals surface area (Å²) in [5.41, 5.74) is 0. The van der Waals surface area contributed by atoms with E-state index in [1.165, 1.54) is 19.3 Å². The van der Waals surface area contributed by atoms with Crippen LogP contribution in [0, 0.1) is 24.7 Å². The van der Waals surface area contributed by atoms with Crippen LogP contribution in [0.4, 0.5) is 0 Å². The summed E-state index contributed by atoms with van der Waals surface area (Å²) in [5, 5.41) is 6.30. The van der Waals surface area contributed by atoms with Crippen LogP contribution in [0.25, 0.3) is 0 Å². The van der Waals surface area contributed by atoms with Gasteiger partial charge in [0, 0.05) is 0 Å². The zero-order chi connectivity index (χ0) is 9.78. The highest BCUT2D eigenvalue weighted by Crippen LogP contribution is 1.91. The second-order valence-corrected chi connectivity index (χ2v) is 2.82. The highest BCUT2D eigenvalue weighted by Gasteiger charge is 1.88. The SMILES string of the molecule is C#CCNCCCCCNCC#C. The quantitative estimate of drug-likeness (QED) is 0.420. The fourth-order valence-electron chi connectivity index (χ4n) is 0.998. The van der Waals surface area contributed by atoms with Gasteiger partial charge in [-0.15, -0.1) is 12.8 Å². The number of terminal acetylenes is 2. The highest BCUT2D eigenvalue weighted by atomic mass is 14.8. The van der Waals surface area contributed by atoms with E-state index in [0.717, 1.165) is 13.1 Å². The third kappa shape index (κ3) is 11.0. The van der Waals surface area contributed by atoms with Crippen molar-refractivity contribution in [2.24, 2.45) is 0 Å². The van der Waals surface area contributed by atoms with Gasteiger partial charge in [-0.25, -0.2) is 0 Å². The molecule has 0 fully saturated rings. The van der Waals surface area contributed by atoms with Gasteiger partial charge in [0.05, 0.1) is 13.1 Å². The Labute approximate surface area is 81.5 Å². The van der Waals surface area contributed by atoms with Crippen molar-refractivity contribution >= 4 is 0 Å². The Balaban J connectivity index is 2.85. The Kier molecular flexibility index (Phi) is 10.2. The first-order chi connectivity index (χ1) is 6.41. The first-order valence-corrected chi connectivity index (χ1v) is 4.70. The van der Waals surface area contributed by atoms with Crippen molar-refractivity contribution in [3.63, 3.8) is 0 Å². The maximum Gasteiger partial charge on any atom is 0.0573 e. The van der Waals surface area contributed by atoms with E-state index in [1.54, 1.807) is 0 Å². The van der Waals surface area contributed by atoms with Crippen molar-refractivity contribution in [1.29, 1.82) is 0 Å². The third-order valence-corrected chi connectivity index (χ3v) is 1.66. The van der Waals surface area contributed by atoms with Crippen molar-refractivity contribution in [3.05, 3.63) is 0 Å². The monoisotopic (exact) mass is 178 g/mol. The molecule has 0 aromatic rings. The molecular weight excluding hydrogens is 160 g/mol. The van der Waals surface area contributed by atoms with E-state index >= 15 is 0 Å². The Morgan fingerprint density at radius 1 is 0.769 bits per heavy atom. The zero-order valence-corrected chi connectivity index (χ0v) is 8.10. The molecule has 72 valence electrons. The minimum absolute atomic E-state index is 0.676. The number of hydrogen-bond donors (Lipinski definition) is 2. The molecule has 2 N–H and O–H groups in total. The van der Waals surface area contributed by atoms with Crippen LogP contribution in [-0.2, 0) is 0 Å². The van der Waals surface area contributed by atoms with Crippen LogP contribution < -0.4 is 10.6 Å². The van der Waals surface area contributed by atoms with Crippen LogP contribution in [0.2, 0.25) is 0 Å². The molecule has 0 amide bonds. The van der Waals surface area contributed by atoms with Crippen LogP contribution in [0.5, 0.6) is 0 Å². The van der Waals surface area contributed by atoms with Gasteiger partial charge in [-0.1, -0.05) is 18.3 Å². The van der Waals surface area contributed by atoms with Gasteiger partial charge in [0.2, 0.25) is 0 Å². The van der Waals surface area contributed by atoms with E-state index in [-0.39, 0.29) is 0 Å².